The lowest BCUT2D eigenvalue weighted by atomic mass is 10.3. The van der Waals surface area contributed by atoms with Crippen molar-refractivity contribution >= 4 is 33.4 Å². The minimum absolute atomic E-state index is 0.142. The molecule has 0 bridgehead atoms. The predicted molar refractivity (Wildman–Crippen MR) is 72.6 cm³/mol. The highest BCUT2D eigenvalue weighted by molar-refractivity contribution is 7.87. The molecule has 102 valence electrons. The maximum Gasteiger partial charge on any atom is 0.279 e. The van der Waals surface area contributed by atoms with Gasteiger partial charge < -0.3 is 4.74 Å². The molecule has 0 radical (unpaired) electrons. The van der Waals surface area contributed by atoms with Crippen molar-refractivity contribution in [3.05, 3.63) is 28.2 Å². The molecule has 1 rings (SSSR count). The SMILES string of the molecule is CN(C)S(=O)(=O)NCCOc1cccc(Cl)c1Cl. The molecule has 0 saturated carbocycles. The number of nitrogens with zero attached hydrogens (tertiary/aromatic N) is 1. The average Bonchev–Trinajstić information content (AvgIpc) is 2.29. The zero-order chi connectivity index (χ0) is 13.8. The van der Waals surface area contributed by atoms with E-state index in [0.717, 1.165) is 4.31 Å². The first kappa shape index (κ1) is 15.5. The van der Waals surface area contributed by atoms with Gasteiger partial charge in [-0.2, -0.15) is 17.4 Å². The van der Waals surface area contributed by atoms with Crippen molar-refractivity contribution in [1.82, 2.24) is 9.03 Å². The van der Waals surface area contributed by atoms with Gasteiger partial charge >= 0.3 is 0 Å². The Bertz CT molecular complexity index is 506. The second-order valence-corrected chi connectivity index (χ2v) is 6.34. The van der Waals surface area contributed by atoms with Gasteiger partial charge in [0.15, 0.2) is 0 Å². The van der Waals surface area contributed by atoms with Crippen LogP contribution in [0.25, 0.3) is 0 Å². The van der Waals surface area contributed by atoms with E-state index in [1.165, 1.54) is 14.1 Å². The lowest BCUT2D eigenvalue weighted by molar-refractivity contribution is 0.321. The van der Waals surface area contributed by atoms with Gasteiger partial charge in [0.2, 0.25) is 0 Å². The number of nitrogens with one attached hydrogen (secondary N) is 1. The minimum atomic E-state index is -3.43. The Hall–Kier alpha value is -0.530. The van der Waals surface area contributed by atoms with Crippen LogP contribution in [0.1, 0.15) is 0 Å². The summed E-state index contributed by atoms with van der Waals surface area (Å²) >= 11 is 11.7. The second-order valence-electron chi connectivity index (χ2n) is 3.58. The fourth-order valence-electron chi connectivity index (χ4n) is 1.06. The Morgan fingerprint density at radius 3 is 2.61 bits per heavy atom. The van der Waals surface area contributed by atoms with Crippen LogP contribution in [0.4, 0.5) is 0 Å². The van der Waals surface area contributed by atoms with Gasteiger partial charge in [0.25, 0.3) is 10.2 Å². The zero-order valence-electron chi connectivity index (χ0n) is 9.98. The topological polar surface area (TPSA) is 58.6 Å². The summed E-state index contributed by atoms with van der Waals surface area (Å²) < 4.78 is 31.5. The van der Waals surface area contributed by atoms with E-state index >= 15 is 0 Å². The van der Waals surface area contributed by atoms with E-state index < -0.39 is 10.2 Å². The van der Waals surface area contributed by atoms with Crippen LogP contribution >= 0.6 is 23.2 Å². The minimum Gasteiger partial charge on any atom is -0.491 e. The lowest BCUT2D eigenvalue weighted by Gasteiger charge is -2.13. The van der Waals surface area contributed by atoms with E-state index in [2.05, 4.69) is 4.72 Å². The summed E-state index contributed by atoms with van der Waals surface area (Å²) in [5, 5.41) is 0.706. The van der Waals surface area contributed by atoms with E-state index in [4.69, 9.17) is 27.9 Å². The first-order chi connectivity index (χ1) is 8.34. The highest BCUT2D eigenvalue weighted by Gasteiger charge is 2.12. The lowest BCUT2D eigenvalue weighted by Crippen LogP contribution is -2.37. The highest BCUT2D eigenvalue weighted by Crippen LogP contribution is 2.31. The molecular formula is C10H14Cl2N2O3S. The fourth-order valence-corrected chi connectivity index (χ4v) is 2.00. The molecule has 1 aromatic rings. The molecule has 1 N–H and O–H groups in total. The molecule has 5 nitrogen and oxygen atoms in total. The van der Waals surface area contributed by atoms with E-state index in [1.807, 2.05) is 0 Å². The van der Waals surface area contributed by atoms with Gasteiger partial charge in [-0.15, -0.1) is 0 Å². The molecule has 8 heteroatoms. The number of benzene rings is 1. The molecule has 0 saturated heterocycles. The van der Waals surface area contributed by atoms with Crippen molar-refractivity contribution in [3.63, 3.8) is 0 Å². The second kappa shape index (κ2) is 6.58. The fraction of sp³-hybridized carbons (Fsp3) is 0.400. The van der Waals surface area contributed by atoms with Crippen molar-refractivity contribution in [2.24, 2.45) is 0 Å². The largest absolute Gasteiger partial charge is 0.491 e. The first-order valence-electron chi connectivity index (χ1n) is 5.08. The van der Waals surface area contributed by atoms with Crippen LogP contribution in [0.5, 0.6) is 5.75 Å². The van der Waals surface area contributed by atoms with Gasteiger partial charge in [-0.3, -0.25) is 0 Å². The summed E-state index contributed by atoms with van der Waals surface area (Å²) in [6.45, 7) is 0.302. The number of rotatable bonds is 6. The Labute approximate surface area is 117 Å². The Kier molecular flexibility index (Phi) is 5.68. The van der Waals surface area contributed by atoms with Crippen LogP contribution in [-0.4, -0.2) is 40.0 Å². The molecule has 0 aromatic heterocycles. The summed E-state index contributed by atoms with van der Waals surface area (Å²) in [7, 11) is -0.544. The van der Waals surface area contributed by atoms with Crippen LogP contribution in [0.2, 0.25) is 10.0 Å². The molecule has 18 heavy (non-hydrogen) atoms. The van der Waals surface area contributed by atoms with Gasteiger partial charge in [0.05, 0.1) is 5.02 Å². The molecule has 0 amide bonds. The van der Waals surface area contributed by atoms with Gasteiger partial charge in [-0.1, -0.05) is 29.3 Å². The molecule has 0 spiro atoms. The molecule has 0 aliphatic carbocycles. The van der Waals surface area contributed by atoms with E-state index in [1.54, 1.807) is 18.2 Å². The van der Waals surface area contributed by atoms with Gasteiger partial charge in [-0.25, -0.2) is 0 Å². The monoisotopic (exact) mass is 312 g/mol. The number of halogens is 2. The Morgan fingerprint density at radius 2 is 2.00 bits per heavy atom. The molecule has 0 unspecified atom stereocenters. The molecule has 0 aliphatic heterocycles. The van der Waals surface area contributed by atoms with Crippen molar-refractivity contribution in [2.45, 2.75) is 0 Å². The quantitative estimate of drug-likeness (QED) is 0.814. The summed E-state index contributed by atoms with van der Waals surface area (Å²) in [6, 6.07) is 5.01. The van der Waals surface area contributed by atoms with Crippen molar-refractivity contribution in [3.8, 4) is 5.75 Å². The summed E-state index contributed by atoms with van der Waals surface area (Å²) in [6.07, 6.45) is 0. The average molecular weight is 313 g/mol. The zero-order valence-corrected chi connectivity index (χ0v) is 12.3. The van der Waals surface area contributed by atoms with Crippen LogP contribution in [0, 0.1) is 0 Å². The smallest absolute Gasteiger partial charge is 0.279 e. The maximum atomic E-state index is 11.4. The predicted octanol–water partition coefficient (Wildman–Crippen LogP) is 1.77. The number of hydrogen-bond donors (Lipinski definition) is 1. The van der Waals surface area contributed by atoms with Crippen LogP contribution in [0.15, 0.2) is 18.2 Å². The standard InChI is InChI=1S/C10H14Cl2N2O3S/c1-14(2)18(15,16)13-6-7-17-9-5-3-4-8(11)10(9)12/h3-5,13H,6-7H2,1-2H3. The van der Waals surface area contributed by atoms with Crippen molar-refractivity contribution < 1.29 is 13.2 Å². The molecule has 0 fully saturated rings. The molecule has 0 atom stereocenters. The van der Waals surface area contributed by atoms with Crippen LogP contribution < -0.4 is 9.46 Å². The Morgan fingerprint density at radius 1 is 1.33 bits per heavy atom. The number of hydrogen-bond acceptors (Lipinski definition) is 3. The summed E-state index contributed by atoms with van der Waals surface area (Å²) in [5.74, 6) is 0.424. The van der Waals surface area contributed by atoms with Gasteiger partial charge in [0.1, 0.15) is 17.4 Å². The Balaban J connectivity index is 2.46. The molecule has 1 aromatic carbocycles. The highest BCUT2D eigenvalue weighted by atomic mass is 35.5. The third-order valence-corrected chi connectivity index (χ3v) is 4.37. The van der Waals surface area contributed by atoms with E-state index in [9.17, 15) is 8.42 Å². The van der Waals surface area contributed by atoms with E-state index in [-0.39, 0.29) is 13.2 Å². The summed E-state index contributed by atoms with van der Waals surface area (Å²) in [4.78, 5) is 0. The maximum absolute atomic E-state index is 11.4. The number of ether oxygens (including phenoxy) is 1. The molecular weight excluding hydrogens is 299 g/mol. The third-order valence-electron chi connectivity index (χ3n) is 2.04. The van der Waals surface area contributed by atoms with Crippen molar-refractivity contribution in [2.75, 3.05) is 27.2 Å². The summed E-state index contributed by atoms with van der Waals surface area (Å²) in [5.41, 5.74) is 0. The normalized spacial score (nSPS) is 11.8. The third kappa shape index (κ3) is 4.29. The van der Waals surface area contributed by atoms with Crippen LogP contribution in [0.3, 0.4) is 0 Å². The molecule has 0 heterocycles. The van der Waals surface area contributed by atoms with Gasteiger partial charge in [0, 0.05) is 20.6 Å². The molecule has 0 aliphatic rings. The van der Waals surface area contributed by atoms with Gasteiger partial charge in [-0.05, 0) is 12.1 Å². The van der Waals surface area contributed by atoms with E-state index in [0.29, 0.717) is 15.8 Å². The van der Waals surface area contributed by atoms with Crippen LogP contribution in [-0.2, 0) is 10.2 Å². The van der Waals surface area contributed by atoms with Crippen molar-refractivity contribution in [1.29, 1.82) is 0 Å². The first-order valence-corrected chi connectivity index (χ1v) is 7.28.